The molecule has 0 aliphatic heterocycles. The van der Waals surface area contributed by atoms with Gasteiger partial charge in [-0.15, -0.1) is 0 Å². The summed E-state index contributed by atoms with van der Waals surface area (Å²) >= 11 is 0. The number of nitrogens with two attached hydrogens (primary N) is 1. The Balaban J connectivity index is 2.76. The van der Waals surface area contributed by atoms with Crippen molar-refractivity contribution in [2.45, 2.75) is 26.5 Å². The summed E-state index contributed by atoms with van der Waals surface area (Å²) in [5, 5.41) is 10.3. The SMILES string of the molecule is CC(C)n1cc(CO)c2ccc(N)cc21. The minimum atomic E-state index is 0.0696. The number of anilines is 1. The molecule has 0 atom stereocenters. The van der Waals surface area contributed by atoms with Crippen molar-refractivity contribution in [3.05, 3.63) is 30.0 Å². The number of rotatable bonds is 2. The van der Waals surface area contributed by atoms with Gasteiger partial charge in [-0.3, -0.25) is 0 Å². The lowest BCUT2D eigenvalue weighted by atomic mass is 10.2. The van der Waals surface area contributed by atoms with Gasteiger partial charge in [0.05, 0.1) is 12.1 Å². The summed E-state index contributed by atoms with van der Waals surface area (Å²) < 4.78 is 2.14. The van der Waals surface area contributed by atoms with Gasteiger partial charge in [0, 0.05) is 28.9 Å². The third kappa shape index (κ3) is 1.59. The van der Waals surface area contributed by atoms with E-state index < -0.39 is 0 Å². The van der Waals surface area contributed by atoms with E-state index in [0.29, 0.717) is 6.04 Å². The van der Waals surface area contributed by atoms with Gasteiger partial charge in [-0.25, -0.2) is 0 Å². The molecule has 1 aromatic heterocycles. The number of benzene rings is 1. The lowest BCUT2D eigenvalue weighted by molar-refractivity contribution is 0.283. The van der Waals surface area contributed by atoms with Crippen LogP contribution in [-0.2, 0) is 6.61 Å². The number of hydrogen-bond acceptors (Lipinski definition) is 2. The van der Waals surface area contributed by atoms with Crippen molar-refractivity contribution in [1.29, 1.82) is 0 Å². The zero-order chi connectivity index (χ0) is 11.0. The number of hydrogen-bond donors (Lipinski definition) is 2. The van der Waals surface area contributed by atoms with Crippen LogP contribution in [0.3, 0.4) is 0 Å². The number of aliphatic hydroxyl groups is 1. The molecule has 1 heterocycles. The molecule has 0 aliphatic carbocycles. The average molecular weight is 204 g/mol. The summed E-state index contributed by atoms with van der Waals surface area (Å²) in [6.07, 6.45) is 1.99. The summed E-state index contributed by atoms with van der Waals surface area (Å²) in [6.45, 7) is 4.30. The Kier molecular flexibility index (Phi) is 2.40. The molecule has 1 aromatic carbocycles. The molecule has 0 bridgehead atoms. The van der Waals surface area contributed by atoms with Crippen molar-refractivity contribution >= 4 is 16.6 Å². The summed E-state index contributed by atoms with van der Waals surface area (Å²) in [6, 6.07) is 6.16. The van der Waals surface area contributed by atoms with Crippen LogP contribution in [-0.4, -0.2) is 9.67 Å². The van der Waals surface area contributed by atoms with Crippen LogP contribution in [0.15, 0.2) is 24.4 Å². The lowest BCUT2D eigenvalue weighted by Crippen LogP contribution is -1.98. The Morgan fingerprint density at radius 3 is 2.73 bits per heavy atom. The second-order valence-corrected chi connectivity index (χ2v) is 4.09. The topological polar surface area (TPSA) is 51.2 Å². The van der Waals surface area contributed by atoms with Gasteiger partial charge in [-0.2, -0.15) is 0 Å². The number of nitrogens with zero attached hydrogens (tertiary/aromatic N) is 1. The van der Waals surface area contributed by atoms with Gasteiger partial charge >= 0.3 is 0 Å². The van der Waals surface area contributed by atoms with Gasteiger partial charge < -0.3 is 15.4 Å². The highest BCUT2D eigenvalue weighted by atomic mass is 16.3. The van der Waals surface area contributed by atoms with Crippen LogP contribution in [0.5, 0.6) is 0 Å². The standard InChI is InChI=1S/C12H16N2O/c1-8(2)14-6-9(7-15)11-4-3-10(13)5-12(11)14/h3-6,8,15H,7,13H2,1-2H3. The van der Waals surface area contributed by atoms with Gasteiger partial charge in [0.25, 0.3) is 0 Å². The molecular weight excluding hydrogens is 188 g/mol. The Labute approximate surface area is 89.1 Å². The molecule has 0 saturated heterocycles. The van der Waals surface area contributed by atoms with Crippen molar-refractivity contribution in [3.63, 3.8) is 0 Å². The maximum atomic E-state index is 9.26. The summed E-state index contributed by atoms with van der Waals surface area (Å²) in [7, 11) is 0. The molecule has 3 nitrogen and oxygen atoms in total. The molecule has 0 spiro atoms. The van der Waals surface area contributed by atoms with E-state index in [4.69, 9.17) is 5.73 Å². The lowest BCUT2D eigenvalue weighted by Gasteiger charge is -2.09. The molecule has 0 saturated carbocycles. The van der Waals surface area contributed by atoms with Gasteiger partial charge in [0.1, 0.15) is 0 Å². The molecular formula is C12H16N2O. The first-order valence-corrected chi connectivity index (χ1v) is 5.13. The van der Waals surface area contributed by atoms with Crippen molar-refractivity contribution in [2.75, 3.05) is 5.73 Å². The van der Waals surface area contributed by atoms with Crippen LogP contribution in [0.2, 0.25) is 0 Å². The Hall–Kier alpha value is -1.48. The molecule has 3 heteroatoms. The largest absolute Gasteiger partial charge is 0.399 e. The zero-order valence-corrected chi connectivity index (χ0v) is 9.07. The van der Waals surface area contributed by atoms with Crippen LogP contribution in [0.25, 0.3) is 10.9 Å². The molecule has 2 aromatic rings. The normalized spacial score (nSPS) is 11.5. The smallest absolute Gasteiger partial charge is 0.0702 e. The summed E-state index contributed by atoms with van der Waals surface area (Å²) in [5.74, 6) is 0. The fourth-order valence-electron chi connectivity index (χ4n) is 1.89. The molecule has 0 radical (unpaired) electrons. The van der Waals surface area contributed by atoms with Crippen LogP contribution < -0.4 is 5.73 Å². The minimum Gasteiger partial charge on any atom is -0.399 e. The predicted octanol–water partition coefficient (Wildman–Crippen LogP) is 2.30. The summed E-state index contributed by atoms with van der Waals surface area (Å²) in [5.41, 5.74) is 8.57. The fourth-order valence-corrected chi connectivity index (χ4v) is 1.89. The molecule has 3 N–H and O–H groups in total. The first-order valence-electron chi connectivity index (χ1n) is 5.13. The van der Waals surface area contributed by atoms with E-state index in [1.165, 1.54) is 0 Å². The highest BCUT2D eigenvalue weighted by Crippen LogP contribution is 2.26. The first kappa shape index (κ1) is 10.1. The van der Waals surface area contributed by atoms with E-state index in [-0.39, 0.29) is 6.61 Å². The van der Waals surface area contributed by atoms with E-state index in [0.717, 1.165) is 22.2 Å². The first-order chi connectivity index (χ1) is 7.13. The van der Waals surface area contributed by atoms with E-state index in [2.05, 4.69) is 18.4 Å². The minimum absolute atomic E-state index is 0.0696. The highest BCUT2D eigenvalue weighted by molar-refractivity contribution is 5.86. The van der Waals surface area contributed by atoms with Crippen molar-refractivity contribution < 1.29 is 5.11 Å². The second kappa shape index (κ2) is 3.59. The number of aromatic nitrogens is 1. The van der Waals surface area contributed by atoms with Crippen LogP contribution in [0, 0.1) is 0 Å². The predicted molar refractivity (Wildman–Crippen MR) is 62.7 cm³/mol. The summed E-state index contributed by atoms with van der Waals surface area (Å²) in [4.78, 5) is 0. The zero-order valence-electron chi connectivity index (χ0n) is 9.07. The maximum Gasteiger partial charge on any atom is 0.0702 e. The van der Waals surface area contributed by atoms with Crippen molar-refractivity contribution in [3.8, 4) is 0 Å². The number of nitrogen functional groups attached to an aromatic ring is 1. The third-order valence-electron chi connectivity index (χ3n) is 2.67. The van der Waals surface area contributed by atoms with Crippen LogP contribution >= 0.6 is 0 Å². The maximum absolute atomic E-state index is 9.26. The van der Waals surface area contributed by atoms with Crippen LogP contribution in [0.1, 0.15) is 25.5 Å². The van der Waals surface area contributed by atoms with Crippen LogP contribution in [0.4, 0.5) is 5.69 Å². The quantitative estimate of drug-likeness (QED) is 0.737. The van der Waals surface area contributed by atoms with Gasteiger partial charge in [0.2, 0.25) is 0 Å². The monoisotopic (exact) mass is 204 g/mol. The third-order valence-corrected chi connectivity index (χ3v) is 2.67. The fraction of sp³-hybridized carbons (Fsp3) is 0.333. The van der Waals surface area contributed by atoms with E-state index in [1.54, 1.807) is 0 Å². The Morgan fingerprint density at radius 2 is 2.13 bits per heavy atom. The molecule has 15 heavy (non-hydrogen) atoms. The van der Waals surface area contributed by atoms with E-state index >= 15 is 0 Å². The number of fused-ring (bicyclic) bond motifs is 1. The Morgan fingerprint density at radius 1 is 1.40 bits per heavy atom. The van der Waals surface area contributed by atoms with Crippen molar-refractivity contribution in [1.82, 2.24) is 4.57 Å². The second-order valence-electron chi connectivity index (χ2n) is 4.09. The molecule has 80 valence electrons. The molecule has 0 fully saturated rings. The molecule has 2 rings (SSSR count). The van der Waals surface area contributed by atoms with Gasteiger partial charge in [-0.1, -0.05) is 6.07 Å². The van der Waals surface area contributed by atoms with E-state index in [1.807, 2.05) is 24.4 Å². The Bertz CT molecular complexity index is 486. The van der Waals surface area contributed by atoms with Crippen molar-refractivity contribution in [2.24, 2.45) is 0 Å². The number of aliphatic hydroxyl groups excluding tert-OH is 1. The van der Waals surface area contributed by atoms with Gasteiger partial charge in [-0.05, 0) is 26.0 Å². The molecule has 0 unspecified atom stereocenters. The molecule has 0 aliphatic rings. The molecule has 0 amide bonds. The highest BCUT2D eigenvalue weighted by Gasteiger charge is 2.09. The average Bonchev–Trinajstić information content (AvgIpc) is 2.55. The van der Waals surface area contributed by atoms with Gasteiger partial charge in [0.15, 0.2) is 0 Å². The van der Waals surface area contributed by atoms with E-state index in [9.17, 15) is 5.11 Å².